The first-order valence-corrected chi connectivity index (χ1v) is 5.70. The Labute approximate surface area is 93.2 Å². The fourth-order valence-electron chi connectivity index (χ4n) is 0.731. The number of aliphatic hydroxyl groups is 1. The van der Waals surface area contributed by atoms with E-state index < -0.39 is 17.6 Å². The van der Waals surface area contributed by atoms with Gasteiger partial charge in [-0.3, -0.25) is 9.59 Å². The number of aliphatic carboxylic acids is 1. The van der Waals surface area contributed by atoms with E-state index in [9.17, 15) is 14.7 Å². The molecule has 0 rings (SSSR count). The highest BCUT2D eigenvalue weighted by molar-refractivity contribution is 8.00. The van der Waals surface area contributed by atoms with Crippen molar-refractivity contribution in [1.82, 2.24) is 5.32 Å². The molecule has 3 N–H and O–H groups in total. The van der Waals surface area contributed by atoms with Crippen LogP contribution < -0.4 is 5.32 Å². The van der Waals surface area contributed by atoms with Crippen molar-refractivity contribution in [3.63, 3.8) is 0 Å². The summed E-state index contributed by atoms with van der Waals surface area (Å²) in [6.07, 6.45) is -0.661. The standard InChI is InChI=1S/C9H17NO4S/c1-6(11)9(2,3)10-7(12)4-15-5-8(13)14/h6,11H,4-5H2,1-3H3,(H,10,12)(H,13,14). The minimum atomic E-state index is -0.942. The van der Waals surface area contributed by atoms with Gasteiger partial charge >= 0.3 is 5.97 Å². The van der Waals surface area contributed by atoms with Gasteiger partial charge in [0.15, 0.2) is 0 Å². The van der Waals surface area contributed by atoms with Gasteiger partial charge < -0.3 is 15.5 Å². The van der Waals surface area contributed by atoms with Crippen LogP contribution in [0.15, 0.2) is 0 Å². The topological polar surface area (TPSA) is 86.6 Å². The minimum absolute atomic E-state index is 0.0858. The Balaban J connectivity index is 3.88. The maximum absolute atomic E-state index is 11.3. The number of hydrogen-bond donors (Lipinski definition) is 3. The molecule has 0 aliphatic rings. The number of carbonyl (C=O) groups is 2. The molecule has 1 atom stereocenters. The van der Waals surface area contributed by atoms with Crippen molar-refractivity contribution in [3.05, 3.63) is 0 Å². The molecule has 1 unspecified atom stereocenters. The molecule has 0 spiro atoms. The molecule has 0 radical (unpaired) electrons. The molecule has 0 bridgehead atoms. The van der Waals surface area contributed by atoms with E-state index in [2.05, 4.69) is 5.32 Å². The highest BCUT2D eigenvalue weighted by Crippen LogP contribution is 2.09. The first-order valence-electron chi connectivity index (χ1n) is 4.54. The maximum atomic E-state index is 11.3. The summed E-state index contributed by atoms with van der Waals surface area (Å²) in [6.45, 7) is 5.00. The fraction of sp³-hybridized carbons (Fsp3) is 0.778. The van der Waals surface area contributed by atoms with Gasteiger partial charge in [0.25, 0.3) is 0 Å². The zero-order valence-electron chi connectivity index (χ0n) is 9.11. The normalized spacial score (nSPS) is 13.3. The Morgan fingerprint density at radius 3 is 2.33 bits per heavy atom. The lowest BCUT2D eigenvalue weighted by Gasteiger charge is -2.29. The Morgan fingerprint density at radius 2 is 1.93 bits per heavy atom. The van der Waals surface area contributed by atoms with Gasteiger partial charge in [-0.15, -0.1) is 11.8 Å². The summed E-state index contributed by atoms with van der Waals surface area (Å²) < 4.78 is 0. The summed E-state index contributed by atoms with van der Waals surface area (Å²) >= 11 is 1.03. The summed E-state index contributed by atoms with van der Waals surface area (Å²) in [6, 6.07) is 0. The number of carbonyl (C=O) groups excluding carboxylic acids is 1. The lowest BCUT2D eigenvalue weighted by Crippen LogP contribution is -2.51. The number of aliphatic hydroxyl groups excluding tert-OH is 1. The largest absolute Gasteiger partial charge is 0.481 e. The van der Waals surface area contributed by atoms with Gasteiger partial charge in [0.1, 0.15) is 0 Å². The van der Waals surface area contributed by atoms with Crippen LogP contribution in [0, 0.1) is 0 Å². The lowest BCUT2D eigenvalue weighted by atomic mass is 9.99. The lowest BCUT2D eigenvalue weighted by molar-refractivity contribution is -0.133. The molecule has 0 aliphatic carbocycles. The van der Waals surface area contributed by atoms with Crippen LogP contribution in [0.5, 0.6) is 0 Å². The SMILES string of the molecule is CC(O)C(C)(C)NC(=O)CSCC(=O)O. The molecule has 0 saturated carbocycles. The zero-order valence-corrected chi connectivity index (χ0v) is 9.93. The van der Waals surface area contributed by atoms with E-state index >= 15 is 0 Å². The van der Waals surface area contributed by atoms with Crippen LogP contribution in [0.25, 0.3) is 0 Å². The molecule has 0 aromatic heterocycles. The molecule has 0 saturated heterocycles. The summed E-state index contributed by atoms with van der Waals surface area (Å²) in [7, 11) is 0. The van der Waals surface area contributed by atoms with Crippen molar-refractivity contribution in [2.75, 3.05) is 11.5 Å². The Hall–Kier alpha value is -0.750. The number of amides is 1. The molecular weight excluding hydrogens is 218 g/mol. The summed E-state index contributed by atoms with van der Waals surface area (Å²) in [5.41, 5.74) is -0.694. The molecule has 0 aromatic carbocycles. The smallest absolute Gasteiger partial charge is 0.313 e. The summed E-state index contributed by atoms with van der Waals surface area (Å²) in [5, 5.41) is 20.3. The molecular formula is C9H17NO4S. The second kappa shape index (κ2) is 5.97. The Bertz CT molecular complexity index is 240. The first kappa shape index (κ1) is 14.2. The third-order valence-corrected chi connectivity index (χ3v) is 2.88. The predicted octanol–water partition coefficient (Wildman–Crippen LogP) is 0.0798. The predicted molar refractivity (Wildman–Crippen MR) is 58.9 cm³/mol. The van der Waals surface area contributed by atoms with Crippen LogP contribution in [-0.4, -0.2) is 45.2 Å². The highest BCUT2D eigenvalue weighted by atomic mass is 32.2. The van der Waals surface area contributed by atoms with Crippen LogP contribution in [0.1, 0.15) is 20.8 Å². The average molecular weight is 235 g/mol. The number of carboxylic acid groups (broad SMARTS) is 1. The van der Waals surface area contributed by atoms with Crippen molar-refractivity contribution in [1.29, 1.82) is 0 Å². The second-order valence-corrected chi connectivity index (χ2v) is 4.82. The van der Waals surface area contributed by atoms with Crippen LogP contribution in [0.3, 0.4) is 0 Å². The van der Waals surface area contributed by atoms with E-state index in [1.165, 1.54) is 0 Å². The van der Waals surface area contributed by atoms with E-state index in [1.54, 1.807) is 20.8 Å². The van der Waals surface area contributed by atoms with Crippen LogP contribution >= 0.6 is 11.8 Å². The number of nitrogens with one attached hydrogen (secondary N) is 1. The highest BCUT2D eigenvalue weighted by Gasteiger charge is 2.25. The Morgan fingerprint density at radius 1 is 1.40 bits per heavy atom. The van der Waals surface area contributed by atoms with Gasteiger partial charge in [-0.1, -0.05) is 0 Å². The number of thioether (sulfide) groups is 1. The van der Waals surface area contributed by atoms with E-state index in [-0.39, 0.29) is 17.4 Å². The first-order chi connectivity index (χ1) is 6.75. The van der Waals surface area contributed by atoms with Crippen LogP contribution in [0.4, 0.5) is 0 Å². The molecule has 0 aliphatic heterocycles. The quantitative estimate of drug-likeness (QED) is 0.607. The third kappa shape index (κ3) is 6.35. The fourth-order valence-corrected chi connectivity index (χ4v) is 1.27. The zero-order chi connectivity index (χ0) is 12.1. The molecule has 88 valence electrons. The van der Waals surface area contributed by atoms with Crippen molar-refractivity contribution in [3.8, 4) is 0 Å². The number of hydrogen-bond acceptors (Lipinski definition) is 4. The van der Waals surface area contributed by atoms with Gasteiger partial charge in [0.2, 0.25) is 5.91 Å². The van der Waals surface area contributed by atoms with Crippen molar-refractivity contribution < 1.29 is 19.8 Å². The van der Waals surface area contributed by atoms with Crippen LogP contribution in [-0.2, 0) is 9.59 Å². The van der Waals surface area contributed by atoms with Crippen molar-refractivity contribution >= 4 is 23.6 Å². The van der Waals surface area contributed by atoms with Gasteiger partial charge in [0.05, 0.1) is 23.1 Å². The summed E-state index contributed by atoms with van der Waals surface area (Å²) in [5.74, 6) is -1.22. The van der Waals surface area contributed by atoms with E-state index in [0.717, 1.165) is 11.8 Å². The molecule has 0 heterocycles. The molecule has 0 aromatic rings. The monoisotopic (exact) mass is 235 g/mol. The van der Waals surface area contributed by atoms with Crippen molar-refractivity contribution in [2.45, 2.75) is 32.4 Å². The average Bonchev–Trinajstić information content (AvgIpc) is 2.01. The van der Waals surface area contributed by atoms with E-state index in [0.29, 0.717) is 0 Å². The van der Waals surface area contributed by atoms with Gasteiger partial charge in [-0.25, -0.2) is 0 Å². The number of rotatable bonds is 6. The third-order valence-electron chi connectivity index (χ3n) is 1.96. The van der Waals surface area contributed by atoms with Gasteiger partial charge in [-0.2, -0.15) is 0 Å². The summed E-state index contributed by atoms with van der Waals surface area (Å²) in [4.78, 5) is 21.5. The molecule has 1 amide bonds. The maximum Gasteiger partial charge on any atom is 0.313 e. The molecule has 15 heavy (non-hydrogen) atoms. The molecule has 0 fully saturated rings. The van der Waals surface area contributed by atoms with Crippen LogP contribution in [0.2, 0.25) is 0 Å². The number of carboxylic acids is 1. The van der Waals surface area contributed by atoms with Crippen molar-refractivity contribution in [2.24, 2.45) is 0 Å². The molecule has 5 nitrogen and oxygen atoms in total. The Kier molecular flexibility index (Phi) is 5.67. The van der Waals surface area contributed by atoms with E-state index in [4.69, 9.17) is 5.11 Å². The molecule has 6 heteroatoms. The van der Waals surface area contributed by atoms with Gasteiger partial charge in [-0.05, 0) is 20.8 Å². The van der Waals surface area contributed by atoms with E-state index in [1.807, 2.05) is 0 Å². The minimum Gasteiger partial charge on any atom is -0.481 e. The second-order valence-electron chi connectivity index (χ2n) is 3.83. The van der Waals surface area contributed by atoms with Gasteiger partial charge in [0, 0.05) is 0 Å².